The molecular formula is C4H8FNO2S. The van der Waals surface area contributed by atoms with E-state index in [9.17, 15) is 12.8 Å². The molecule has 0 amide bonds. The van der Waals surface area contributed by atoms with Crippen molar-refractivity contribution in [3.8, 4) is 0 Å². The van der Waals surface area contributed by atoms with E-state index in [0.29, 0.717) is 12.8 Å². The summed E-state index contributed by atoms with van der Waals surface area (Å²) >= 11 is 0. The topological polar surface area (TPSA) is 60.2 Å². The van der Waals surface area contributed by atoms with Crippen LogP contribution in [0.2, 0.25) is 0 Å². The second kappa shape index (κ2) is 1.91. The van der Waals surface area contributed by atoms with Crippen molar-refractivity contribution in [1.29, 1.82) is 0 Å². The van der Waals surface area contributed by atoms with Crippen molar-refractivity contribution in [3.05, 3.63) is 0 Å². The maximum Gasteiger partial charge on any atom is 0.214 e. The molecule has 1 saturated carbocycles. The molecule has 0 aromatic heterocycles. The lowest BCUT2D eigenvalue weighted by molar-refractivity contribution is 0.214. The van der Waals surface area contributed by atoms with Crippen LogP contribution in [-0.2, 0) is 10.0 Å². The second-order valence-electron chi connectivity index (χ2n) is 2.22. The third-order valence-corrected chi connectivity index (χ3v) is 2.93. The number of nitrogens with two attached hydrogens (primary N) is 1. The van der Waals surface area contributed by atoms with Crippen molar-refractivity contribution < 1.29 is 12.8 Å². The monoisotopic (exact) mass is 153 g/mol. The molecule has 0 bridgehead atoms. The van der Waals surface area contributed by atoms with E-state index in [1.165, 1.54) is 0 Å². The summed E-state index contributed by atoms with van der Waals surface area (Å²) in [5.41, 5.74) is 0. The van der Waals surface area contributed by atoms with E-state index in [4.69, 9.17) is 0 Å². The predicted molar refractivity (Wildman–Crippen MR) is 31.0 cm³/mol. The van der Waals surface area contributed by atoms with Gasteiger partial charge in [0, 0.05) is 0 Å². The van der Waals surface area contributed by atoms with Crippen molar-refractivity contribution >= 4 is 10.0 Å². The Morgan fingerprint density at radius 3 is 2.00 bits per heavy atom. The molecule has 0 heterocycles. The van der Waals surface area contributed by atoms with Crippen LogP contribution in [0, 0.1) is 0 Å². The quantitative estimate of drug-likeness (QED) is 0.566. The highest BCUT2D eigenvalue weighted by Crippen LogP contribution is 2.27. The molecule has 0 unspecified atom stereocenters. The molecule has 0 aromatic carbocycles. The van der Waals surface area contributed by atoms with Gasteiger partial charge >= 0.3 is 0 Å². The minimum absolute atomic E-state index is 0.334. The number of halogens is 1. The van der Waals surface area contributed by atoms with Crippen LogP contribution < -0.4 is 5.14 Å². The van der Waals surface area contributed by atoms with Gasteiger partial charge in [-0.05, 0) is 12.8 Å². The first-order valence-corrected chi connectivity index (χ1v) is 4.28. The standard InChI is InChI=1S/C4H8FNO2S/c5-3-1-2-4(3)9(6,7)8/h3-4H,1-2H2,(H2,6,7,8)/t3-,4+/m0/s1. The van der Waals surface area contributed by atoms with Gasteiger partial charge in [-0.1, -0.05) is 0 Å². The Morgan fingerprint density at radius 1 is 1.44 bits per heavy atom. The number of hydrogen-bond acceptors (Lipinski definition) is 2. The van der Waals surface area contributed by atoms with Crippen LogP contribution in [0.1, 0.15) is 12.8 Å². The molecule has 0 aromatic rings. The third-order valence-electron chi connectivity index (χ3n) is 1.55. The minimum atomic E-state index is -3.59. The van der Waals surface area contributed by atoms with E-state index < -0.39 is 21.4 Å². The average molecular weight is 153 g/mol. The van der Waals surface area contributed by atoms with Crippen LogP contribution in [-0.4, -0.2) is 19.8 Å². The fourth-order valence-electron chi connectivity index (χ4n) is 0.799. The highest BCUT2D eigenvalue weighted by molar-refractivity contribution is 7.89. The second-order valence-corrected chi connectivity index (χ2v) is 4.00. The molecule has 54 valence electrons. The van der Waals surface area contributed by atoms with Crippen molar-refractivity contribution in [2.24, 2.45) is 5.14 Å². The number of sulfonamides is 1. The molecule has 2 atom stereocenters. The van der Waals surface area contributed by atoms with Crippen molar-refractivity contribution in [2.75, 3.05) is 0 Å². The Labute approximate surface area is 53.1 Å². The fraction of sp³-hybridized carbons (Fsp3) is 1.00. The molecule has 9 heavy (non-hydrogen) atoms. The number of hydrogen-bond donors (Lipinski definition) is 1. The molecular weight excluding hydrogens is 145 g/mol. The Hall–Kier alpha value is -0.160. The summed E-state index contributed by atoms with van der Waals surface area (Å²) in [4.78, 5) is 0. The van der Waals surface area contributed by atoms with Gasteiger partial charge in [0.2, 0.25) is 10.0 Å². The van der Waals surface area contributed by atoms with Gasteiger partial charge in [0.1, 0.15) is 11.4 Å². The van der Waals surface area contributed by atoms with E-state index in [1.54, 1.807) is 0 Å². The molecule has 3 nitrogen and oxygen atoms in total. The van der Waals surface area contributed by atoms with Crippen LogP contribution in [0.3, 0.4) is 0 Å². The van der Waals surface area contributed by atoms with Gasteiger partial charge in [0.05, 0.1) is 0 Å². The Balaban J connectivity index is 2.66. The van der Waals surface area contributed by atoms with E-state index in [1.807, 2.05) is 0 Å². The molecule has 2 N–H and O–H groups in total. The van der Waals surface area contributed by atoms with Gasteiger partial charge in [0.25, 0.3) is 0 Å². The van der Waals surface area contributed by atoms with Gasteiger partial charge < -0.3 is 0 Å². The first-order valence-electron chi connectivity index (χ1n) is 2.67. The first kappa shape index (κ1) is 6.95. The van der Waals surface area contributed by atoms with Gasteiger partial charge in [-0.25, -0.2) is 17.9 Å². The summed E-state index contributed by atoms with van der Waals surface area (Å²) in [7, 11) is -3.59. The molecule has 1 rings (SSSR count). The zero-order valence-electron chi connectivity index (χ0n) is 4.75. The van der Waals surface area contributed by atoms with Crippen LogP contribution in [0.15, 0.2) is 0 Å². The van der Waals surface area contributed by atoms with E-state index in [0.717, 1.165) is 0 Å². The lowest BCUT2D eigenvalue weighted by Crippen LogP contribution is -2.43. The zero-order valence-corrected chi connectivity index (χ0v) is 5.57. The Morgan fingerprint density at radius 2 is 2.00 bits per heavy atom. The molecule has 0 spiro atoms. The van der Waals surface area contributed by atoms with Crippen LogP contribution in [0.5, 0.6) is 0 Å². The van der Waals surface area contributed by atoms with Crippen LogP contribution in [0.4, 0.5) is 4.39 Å². The van der Waals surface area contributed by atoms with Crippen LogP contribution in [0.25, 0.3) is 0 Å². The lowest BCUT2D eigenvalue weighted by Gasteiger charge is -2.27. The lowest BCUT2D eigenvalue weighted by atomic mass is 9.97. The average Bonchev–Trinajstić information content (AvgIpc) is 1.57. The number of alkyl halides is 1. The van der Waals surface area contributed by atoms with Crippen molar-refractivity contribution in [3.63, 3.8) is 0 Å². The Bertz CT molecular complexity index is 201. The summed E-state index contributed by atoms with van der Waals surface area (Å²) in [6.45, 7) is 0. The summed E-state index contributed by atoms with van der Waals surface area (Å²) in [6.07, 6.45) is -0.513. The maximum atomic E-state index is 12.2. The summed E-state index contributed by atoms with van der Waals surface area (Å²) in [5, 5.41) is 3.74. The number of primary sulfonamides is 1. The molecule has 0 aliphatic heterocycles. The van der Waals surface area contributed by atoms with Gasteiger partial charge in [0.15, 0.2) is 0 Å². The van der Waals surface area contributed by atoms with Crippen molar-refractivity contribution in [2.45, 2.75) is 24.3 Å². The molecule has 5 heteroatoms. The summed E-state index contributed by atoms with van der Waals surface area (Å²) in [5.74, 6) is 0. The molecule has 0 saturated heterocycles. The van der Waals surface area contributed by atoms with E-state index in [2.05, 4.69) is 5.14 Å². The third kappa shape index (κ3) is 1.21. The molecule has 1 aliphatic carbocycles. The fourth-order valence-corrected chi connectivity index (χ4v) is 1.81. The van der Waals surface area contributed by atoms with Gasteiger partial charge in [-0.15, -0.1) is 0 Å². The van der Waals surface area contributed by atoms with Crippen molar-refractivity contribution in [1.82, 2.24) is 0 Å². The van der Waals surface area contributed by atoms with Gasteiger partial charge in [-0.3, -0.25) is 0 Å². The van der Waals surface area contributed by atoms with Gasteiger partial charge in [-0.2, -0.15) is 0 Å². The SMILES string of the molecule is NS(=O)(=O)[C@@H]1CC[C@@H]1F. The maximum absolute atomic E-state index is 12.2. The Kier molecular flexibility index (Phi) is 1.48. The summed E-state index contributed by atoms with van der Waals surface area (Å²) in [6, 6.07) is 0. The minimum Gasteiger partial charge on any atom is -0.246 e. The molecule has 1 fully saturated rings. The first-order chi connectivity index (χ1) is 4.02. The predicted octanol–water partition coefficient (Wildman–Crippen LogP) is -0.225. The highest BCUT2D eigenvalue weighted by atomic mass is 32.2. The van der Waals surface area contributed by atoms with E-state index >= 15 is 0 Å². The van der Waals surface area contributed by atoms with Crippen LogP contribution >= 0.6 is 0 Å². The highest BCUT2D eigenvalue weighted by Gasteiger charge is 2.39. The zero-order chi connectivity index (χ0) is 7.07. The molecule has 0 radical (unpaired) electrons. The molecule has 1 aliphatic rings. The largest absolute Gasteiger partial charge is 0.246 e. The normalized spacial score (nSPS) is 35.8. The number of rotatable bonds is 1. The smallest absolute Gasteiger partial charge is 0.214 e. The summed E-state index contributed by atoms with van der Waals surface area (Å²) < 4.78 is 32.9. The van der Waals surface area contributed by atoms with E-state index in [-0.39, 0.29) is 0 Å².